The van der Waals surface area contributed by atoms with Gasteiger partial charge in [0.05, 0.1) is 0 Å². The van der Waals surface area contributed by atoms with Gasteiger partial charge < -0.3 is 9.80 Å². The molecule has 104 valence electrons. The fourth-order valence-corrected chi connectivity index (χ4v) is 2.58. The van der Waals surface area contributed by atoms with Crippen LogP contribution in [0.5, 0.6) is 0 Å². The highest BCUT2D eigenvalue weighted by molar-refractivity contribution is 7.80. The molecular formula is C13H24N2O2S. The fourth-order valence-electron chi connectivity index (χ4n) is 2.14. The molecule has 1 aliphatic rings. The highest BCUT2D eigenvalue weighted by atomic mass is 32.1. The van der Waals surface area contributed by atoms with Gasteiger partial charge in [-0.25, -0.2) is 0 Å². The number of thiol groups is 1. The average molecular weight is 272 g/mol. The first-order valence-electron chi connectivity index (χ1n) is 6.68. The predicted molar refractivity (Wildman–Crippen MR) is 75.7 cm³/mol. The molecule has 0 aromatic heterocycles. The summed E-state index contributed by atoms with van der Waals surface area (Å²) in [6.45, 7) is 8.04. The second-order valence-electron chi connectivity index (χ2n) is 5.29. The molecule has 18 heavy (non-hydrogen) atoms. The predicted octanol–water partition coefficient (Wildman–Crippen LogP) is 1.41. The Morgan fingerprint density at radius 1 is 1.11 bits per heavy atom. The quantitative estimate of drug-likeness (QED) is 0.587. The molecule has 0 radical (unpaired) electrons. The number of carbonyl (C=O) groups is 2. The Balaban J connectivity index is 2.46. The van der Waals surface area contributed by atoms with Crippen LogP contribution >= 0.6 is 12.6 Å². The van der Waals surface area contributed by atoms with Crippen molar-refractivity contribution in [1.82, 2.24) is 9.80 Å². The Bertz CT molecular complexity index is 307. The van der Waals surface area contributed by atoms with Crippen LogP contribution in [0.3, 0.4) is 0 Å². The van der Waals surface area contributed by atoms with E-state index in [9.17, 15) is 9.59 Å². The maximum absolute atomic E-state index is 11.9. The molecule has 0 N–H and O–H groups in total. The summed E-state index contributed by atoms with van der Waals surface area (Å²) in [4.78, 5) is 27.1. The molecule has 4 nitrogen and oxygen atoms in total. The Kier molecular flexibility index (Phi) is 5.99. The van der Waals surface area contributed by atoms with E-state index >= 15 is 0 Å². The number of amides is 2. The van der Waals surface area contributed by atoms with Crippen LogP contribution in [0, 0.1) is 5.92 Å². The van der Waals surface area contributed by atoms with Gasteiger partial charge in [0.15, 0.2) is 0 Å². The van der Waals surface area contributed by atoms with Crippen LogP contribution < -0.4 is 0 Å². The average Bonchev–Trinajstić information content (AvgIpc) is 2.31. The Labute approximate surface area is 115 Å². The molecule has 1 saturated heterocycles. The number of rotatable bonds is 6. The van der Waals surface area contributed by atoms with Gasteiger partial charge in [0.2, 0.25) is 0 Å². The van der Waals surface area contributed by atoms with E-state index in [1.165, 1.54) is 0 Å². The van der Waals surface area contributed by atoms with Gasteiger partial charge in [-0.05, 0) is 38.4 Å². The van der Waals surface area contributed by atoms with E-state index < -0.39 is 0 Å². The van der Waals surface area contributed by atoms with E-state index in [1.807, 2.05) is 13.8 Å². The van der Waals surface area contributed by atoms with Gasteiger partial charge in [-0.3, -0.25) is 9.59 Å². The van der Waals surface area contributed by atoms with Crippen molar-refractivity contribution in [2.75, 3.05) is 25.4 Å². The molecule has 1 heterocycles. The zero-order valence-corrected chi connectivity index (χ0v) is 12.4. The SMILES string of the molecule is CC(CCS)CCN1CCN(C(C)C)C(=O)C1=O. The summed E-state index contributed by atoms with van der Waals surface area (Å²) < 4.78 is 0. The molecule has 0 bridgehead atoms. The smallest absolute Gasteiger partial charge is 0.312 e. The first-order valence-corrected chi connectivity index (χ1v) is 7.31. The Morgan fingerprint density at radius 3 is 2.33 bits per heavy atom. The fraction of sp³-hybridized carbons (Fsp3) is 0.846. The van der Waals surface area contributed by atoms with Crippen molar-refractivity contribution in [1.29, 1.82) is 0 Å². The maximum atomic E-state index is 11.9. The first kappa shape index (κ1) is 15.3. The Morgan fingerprint density at radius 2 is 1.78 bits per heavy atom. The lowest BCUT2D eigenvalue weighted by atomic mass is 10.0. The molecule has 2 amide bonds. The minimum atomic E-state index is -0.349. The summed E-state index contributed by atoms with van der Waals surface area (Å²) >= 11 is 4.20. The number of hydrogen-bond donors (Lipinski definition) is 1. The molecule has 1 atom stereocenters. The van der Waals surface area contributed by atoms with Crippen molar-refractivity contribution in [3.05, 3.63) is 0 Å². The molecule has 0 aliphatic carbocycles. The number of nitrogens with zero attached hydrogens (tertiary/aromatic N) is 2. The van der Waals surface area contributed by atoms with E-state index in [-0.39, 0.29) is 17.9 Å². The first-order chi connectivity index (χ1) is 8.47. The number of piperazine rings is 1. The molecule has 1 unspecified atom stereocenters. The van der Waals surface area contributed by atoms with Gasteiger partial charge >= 0.3 is 11.8 Å². The van der Waals surface area contributed by atoms with Gasteiger partial charge in [-0.1, -0.05) is 6.92 Å². The lowest BCUT2D eigenvalue weighted by Gasteiger charge is -2.36. The van der Waals surface area contributed by atoms with E-state index in [2.05, 4.69) is 19.6 Å². The van der Waals surface area contributed by atoms with Crippen molar-refractivity contribution in [2.45, 2.75) is 39.7 Å². The van der Waals surface area contributed by atoms with E-state index in [0.29, 0.717) is 25.6 Å². The molecule has 0 saturated carbocycles. The van der Waals surface area contributed by atoms with Gasteiger partial charge in [-0.15, -0.1) is 0 Å². The van der Waals surface area contributed by atoms with Crippen molar-refractivity contribution in [2.24, 2.45) is 5.92 Å². The minimum absolute atomic E-state index is 0.103. The van der Waals surface area contributed by atoms with E-state index in [1.54, 1.807) is 9.80 Å². The third-order valence-corrected chi connectivity index (χ3v) is 3.74. The highest BCUT2D eigenvalue weighted by Crippen LogP contribution is 2.13. The molecule has 0 aromatic carbocycles. The van der Waals surface area contributed by atoms with Gasteiger partial charge in [0, 0.05) is 25.7 Å². The number of hydrogen-bond acceptors (Lipinski definition) is 3. The van der Waals surface area contributed by atoms with Crippen LogP contribution in [-0.2, 0) is 9.59 Å². The minimum Gasteiger partial charge on any atom is -0.333 e. The maximum Gasteiger partial charge on any atom is 0.312 e. The Hall–Kier alpha value is -0.710. The van der Waals surface area contributed by atoms with Gasteiger partial charge in [0.1, 0.15) is 0 Å². The second kappa shape index (κ2) is 7.02. The van der Waals surface area contributed by atoms with Crippen LogP contribution in [0.4, 0.5) is 0 Å². The summed E-state index contributed by atoms with van der Waals surface area (Å²) in [6.07, 6.45) is 2.00. The zero-order chi connectivity index (χ0) is 13.7. The van der Waals surface area contributed by atoms with Crippen molar-refractivity contribution >= 4 is 24.4 Å². The monoisotopic (exact) mass is 272 g/mol. The standard InChI is InChI=1S/C13H24N2O2S/c1-10(2)15-8-7-14(12(16)13(15)17)6-4-11(3)5-9-18/h10-11,18H,4-9H2,1-3H3. The molecule has 5 heteroatoms. The molecule has 1 rings (SSSR count). The largest absolute Gasteiger partial charge is 0.333 e. The van der Waals surface area contributed by atoms with Crippen LogP contribution in [0.2, 0.25) is 0 Å². The summed E-state index contributed by atoms with van der Waals surface area (Å²) in [5, 5.41) is 0. The van der Waals surface area contributed by atoms with Crippen molar-refractivity contribution in [3.63, 3.8) is 0 Å². The second-order valence-corrected chi connectivity index (χ2v) is 5.74. The van der Waals surface area contributed by atoms with Crippen LogP contribution in [0.25, 0.3) is 0 Å². The molecule has 1 aliphatic heterocycles. The third kappa shape index (κ3) is 3.90. The van der Waals surface area contributed by atoms with Crippen LogP contribution in [-0.4, -0.2) is 53.0 Å². The highest BCUT2D eigenvalue weighted by Gasteiger charge is 2.33. The third-order valence-electron chi connectivity index (χ3n) is 3.48. The van der Waals surface area contributed by atoms with Crippen LogP contribution in [0.1, 0.15) is 33.6 Å². The van der Waals surface area contributed by atoms with Gasteiger partial charge in [-0.2, -0.15) is 12.6 Å². The van der Waals surface area contributed by atoms with E-state index in [0.717, 1.165) is 18.6 Å². The summed E-state index contributed by atoms with van der Waals surface area (Å²) in [7, 11) is 0. The molecule has 1 fully saturated rings. The number of carbonyl (C=O) groups excluding carboxylic acids is 2. The lowest BCUT2D eigenvalue weighted by molar-refractivity contribution is -0.157. The van der Waals surface area contributed by atoms with Crippen LogP contribution in [0.15, 0.2) is 0 Å². The summed E-state index contributed by atoms with van der Waals surface area (Å²) in [6, 6.07) is 0.103. The molecule has 0 spiro atoms. The molecular weight excluding hydrogens is 248 g/mol. The van der Waals surface area contributed by atoms with Gasteiger partial charge in [0.25, 0.3) is 0 Å². The summed E-state index contributed by atoms with van der Waals surface area (Å²) in [5.41, 5.74) is 0. The molecule has 0 aromatic rings. The zero-order valence-electron chi connectivity index (χ0n) is 11.6. The van der Waals surface area contributed by atoms with E-state index in [4.69, 9.17) is 0 Å². The normalized spacial score (nSPS) is 18.7. The lowest BCUT2D eigenvalue weighted by Crippen LogP contribution is -2.56. The van der Waals surface area contributed by atoms with Crippen molar-refractivity contribution in [3.8, 4) is 0 Å². The van der Waals surface area contributed by atoms with Crippen molar-refractivity contribution < 1.29 is 9.59 Å². The summed E-state index contributed by atoms with van der Waals surface area (Å²) in [5.74, 6) is 0.731. The topological polar surface area (TPSA) is 40.6 Å².